The Morgan fingerprint density at radius 2 is 1.69 bits per heavy atom. The van der Waals surface area contributed by atoms with Crippen LogP contribution in [0.2, 0.25) is 0 Å². The molecule has 0 aliphatic heterocycles. The van der Waals surface area contributed by atoms with Crippen molar-refractivity contribution in [1.29, 1.82) is 0 Å². The number of benzene rings is 1. The zero-order chi connectivity index (χ0) is 12.2. The molecule has 16 heavy (non-hydrogen) atoms. The summed E-state index contributed by atoms with van der Waals surface area (Å²) in [4.78, 5) is 21.3. The largest absolute Gasteiger partial charge is 0.481 e. The number of carbonyl (C=O) groups excluding carboxylic acids is 1. The number of hydrogen-bond donors (Lipinski definition) is 1. The maximum Gasteiger partial charge on any atom is 0.310 e. The van der Waals surface area contributed by atoms with Gasteiger partial charge in [0.25, 0.3) is 0 Å². The van der Waals surface area contributed by atoms with Crippen LogP contribution in [-0.4, -0.2) is 31.0 Å². The van der Waals surface area contributed by atoms with E-state index in [1.54, 1.807) is 6.07 Å². The highest BCUT2D eigenvalue weighted by atomic mass is 32.2. The Morgan fingerprint density at radius 3 is 2.19 bits per heavy atom. The zero-order valence-electron chi connectivity index (χ0n) is 8.29. The topological polar surface area (TPSA) is 88.5 Å². The first-order valence-corrected chi connectivity index (χ1v) is 6.08. The number of aliphatic carboxylic acids is 1. The number of ketones is 1. The molecule has 0 spiro atoms. The molecule has 0 aliphatic carbocycles. The number of hydrogen-bond acceptors (Lipinski definition) is 4. The molecule has 0 aliphatic rings. The lowest BCUT2D eigenvalue weighted by Gasteiger charge is -2.01. The third kappa shape index (κ3) is 3.47. The van der Waals surface area contributed by atoms with E-state index in [0.29, 0.717) is 0 Å². The predicted octanol–water partition coefficient (Wildman–Crippen LogP) is 0.504. The second-order valence-corrected chi connectivity index (χ2v) is 5.17. The van der Waals surface area contributed by atoms with Gasteiger partial charge in [0, 0.05) is 0 Å². The molecule has 0 amide bonds. The quantitative estimate of drug-likeness (QED) is 0.760. The minimum Gasteiger partial charge on any atom is -0.481 e. The monoisotopic (exact) mass is 242 g/mol. The second kappa shape index (κ2) is 4.89. The molecule has 0 saturated carbocycles. The normalized spacial score (nSPS) is 11.0. The zero-order valence-corrected chi connectivity index (χ0v) is 9.11. The van der Waals surface area contributed by atoms with Gasteiger partial charge in [0.2, 0.25) is 0 Å². The van der Waals surface area contributed by atoms with E-state index < -0.39 is 33.8 Å². The number of rotatable bonds is 5. The van der Waals surface area contributed by atoms with Crippen LogP contribution in [0, 0.1) is 0 Å². The highest BCUT2D eigenvalue weighted by Gasteiger charge is 2.20. The Hall–Kier alpha value is -1.69. The summed E-state index contributed by atoms with van der Waals surface area (Å²) in [5.74, 6) is -2.92. The average molecular weight is 242 g/mol. The predicted molar refractivity (Wildman–Crippen MR) is 55.8 cm³/mol. The highest BCUT2D eigenvalue weighted by molar-refractivity contribution is 7.92. The molecule has 1 aromatic rings. The number of carbonyl (C=O) groups is 2. The molecule has 6 heteroatoms. The maximum atomic E-state index is 11.6. The highest BCUT2D eigenvalue weighted by Crippen LogP contribution is 2.10. The van der Waals surface area contributed by atoms with Crippen molar-refractivity contribution in [2.75, 3.05) is 5.75 Å². The molecule has 1 aromatic carbocycles. The lowest BCUT2D eigenvalue weighted by molar-refractivity contribution is -0.139. The molecule has 0 bridgehead atoms. The number of sulfone groups is 1. The van der Waals surface area contributed by atoms with Gasteiger partial charge in [-0.05, 0) is 12.1 Å². The van der Waals surface area contributed by atoms with Gasteiger partial charge < -0.3 is 5.11 Å². The first-order valence-electron chi connectivity index (χ1n) is 4.43. The van der Waals surface area contributed by atoms with Gasteiger partial charge in [0.15, 0.2) is 15.6 Å². The summed E-state index contributed by atoms with van der Waals surface area (Å²) in [5, 5.41) is 8.34. The van der Waals surface area contributed by atoms with Gasteiger partial charge in [-0.25, -0.2) is 8.42 Å². The maximum absolute atomic E-state index is 11.6. The Kier molecular flexibility index (Phi) is 3.78. The van der Waals surface area contributed by atoms with Gasteiger partial charge in [-0.3, -0.25) is 9.59 Å². The van der Waals surface area contributed by atoms with Crippen LogP contribution in [0.15, 0.2) is 35.2 Å². The summed E-state index contributed by atoms with van der Waals surface area (Å²) in [6.07, 6.45) is -0.772. The SMILES string of the molecule is O=C(O)CC(=O)CS(=O)(=O)c1ccccc1. The van der Waals surface area contributed by atoms with E-state index >= 15 is 0 Å². The fourth-order valence-electron chi connectivity index (χ4n) is 1.14. The van der Waals surface area contributed by atoms with E-state index in [1.807, 2.05) is 0 Å². The van der Waals surface area contributed by atoms with Gasteiger partial charge in [-0.15, -0.1) is 0 Å². The fourth-order valence-corrected chi connectivity index (χ4v) is 2.41. The van der Waals surface area contributed by atoms with Crippen molar-refractivity contribution in [1.82, 2.24) is 0 Å². The standard InChI is InChI=1S/C10H10O5S/c11-8(6-10(12)13)7-16(14,15)9-4-2-1-3-5-9/h1-5H,6-7H2,(H,12,13). The van der Waals surface area contributed by atoms with E-state index in [2.05, 4.69) is 0 Å². The van der Waals surface area contributed by atoms with Gasteiger partial charge in [-0.1, -0.05) is 18.2 Å². The Bertz CT molecular complexity index is 489. The van der Waals surface area contributed by atoms with Crippen LogP contribution in [0.1, 0.15) is 6.42 Å². The van der Waals surface area contributed by atoms with Gasteiger partial charge in [0.05, 0.1) is 4.90 Å². The van der Waals surface area contributed by atoms with E-state index in [9.17, 15) is 18.0 Å². The molecule has 0 radical (unpaired) electrons. The van der Waals surface area contributed by atoms with Crippen LogP contribution in [0.25, 0.3) is 0 Å². The summed E-state index contributed by atoms with van der Waals surface area (Å²) in [7, 11) is -3.72. The summed E-state index contributed by atoms with van der Waals surface area (Å²) >= 11 is 0. The first-order chi connectivity index (χ1) is 7.42. The molecule has 0 heterocycles. The van der Waals surface area contributed by atoms with Crippen molar-refractivity contribution >= 4 is 21.6 Å². The molecule has 0 atom stereocenters. The van der Waals surface area contributed by atoms with Crippen LogP contribution >= 0.6 is 0 Å². The van der Waals surface area contributed by atoms with Crippen molar-refractivity contribution in [2.24, 2.45) is 0 Å². The lowest BCUT2D eigenvalue weighted by atomic mass is 10.3. The second-order valence-electron chi connectivity index (χ2n) is 3.18. The van der Waals surface area contributed by atoms with Crippen molar-refractivity contribution < 1.29 is 23.1 Å². The van der Waals surface area contributed by atoms with Gasteiger partial charge in [-0.2, -0.15) is 0 Å². The van der Waals surface area contributed by atoms with Crippen molar-refractivity contribution in [2.45, 2.75) is 11.3 Å². The minimum absolute atomic E-state index is 0.0220. The third-order valence-electron chi connectivity index (χ3n) is 1.80. The number of Topliss-reactive ketones (excluding diaryl/α,β-unsaturated/α-hetero) is 1. The van der Waals surface area contributed by atoms with E-state index in [-0.39, 0.29) is 4.90 Å². The average Bonchev–Trinajstić information content (AvgIpc) is 2.16. The van der Waals surface area contributed by atoms with Crippen LogP contribution in [-0.2, 0) is 19.4 Å². The summed E-state index contributed by atoms with van der Waals surface area (Å²) < 4.78 is 23.2. The molecule has 0 fully saturated rings. The molecule has 1 N–H and O–H groups in total. The molecule has 0 saturated heterocycles. The minimum atomic E-state index is -3.72. The van der Waals surface area contributed by atoms with E-state index in [1.165, 1.54) is 24.3 Å². The molecule has 0 aromatic heterocycles. The van der Waals surface area contributed by atoms with Crippen molar-refractivity contribution in [3.63, 3.8) is 0 Å². The molecule has 5 nitrogen and oxygen atoms in total. The number of carboxylic acids is 1. The number of carboxylic acid groups (broad SMARTS) is 1. The molecule has 1 rings (SSSR count). The Balaban J connectivity index is 2.81. The van der Waals surface area contributed by atoms with Crippen molar-refractivity contribution in [3.05, 3.63) is 30.3 Å². The third-order valence-corrected chi connectivity index (χ3v) is 3.49. The lowest BCUT2D eigenvalue weighted by Crippen LogP contribution is -2.18. The van der Waals surface area contributed by atoms with Crippen LogP contribution in [0.5, 0.6) is 0 Å². The van der Waals surface area contributed by atoms with Crippen LogP contribution in [0.4, 0.5) is 0 Å². The van der Waals surface area contributed by atoms with Crippen LogP contribution in [0.3, 0.4) is 0 Å². The first kappa shape index (κ1) is 12.4. The fraction of sp³-hybridized carbons (Fsp3) is 0.200. The van der Waals surface area contributed by atoms with Crippen molar-refractivity contribution in [3.8, 4) is 0 Å². The molecule has 86 valence electrons. The summed E-state index contributed by atoms with van der Waals surface area (Å²) in [5.41, 5.74) is 0. The molecular weight excluding hydrogens is 232 g/mol. The molecular formula is C10H10O5S. The van der Waals surface area contributed by atoms with Gasteiger partial charge in [0.1, 0.15) is 12.2 Å². The Morgan fingerprint density at radius 1 is 1.12 bits per heavy atom. The summed E-state index contributed by atoms with van der Waals surface area (Å²) in [6, 6.07) is 7.45. The van der Waals surface area contributed by atoms with Gasteiger partial charge >= 0.3 is 5.97 Å². The van der Waals surface area contributed by atoms with E-state index in [4.69, 9.17) is 5.11 Å². The van der Waals surface area contributed by atoms with E-state index in [0.717, 1.165) is 0 Å². The Labute approximate surface area is 92.6 Å². The van der Waals surface area contributed by atoms with Crippen LogP contribution < -0.4 is 0 Å². The smallest absolute Gasteiger partial charge is 0.310 e. The molecule has 0 unspecified atom stereocenters. The summed E-state index contributed by atoms with van der Waals surface area (Å²) in [6.45, 7) is 0.